The van der Waals surface area contributed by atoms with Crippen LogP contribution < -0.4 is 21.7 Å². The van der Waals surface area contributed by atoms with Crippen LogP contribution in [0.5, 0.6) is 5.88 Å². The number of aryl methyl sites for hydroxylation is 1. The lowest BCUT2D eigenvalue weighted by molar-refractivity contribution is 0.454. The highest BCUT2D eigenvalue weighted by Gasteiger charge is 2.20. The van der Waals surface area contributed by atoms with Crippen LogP contribution >= 0.6 is 0 Å². The third-order valence-electron chi connectivity index (χ3n) is 5.09. The average Bonchev–Trinajstić information content (AvgIpc) is 3.37. The Kier molecular flexibility index (Phi) is 4.54. The molecule has 3 heterocycles. The number of H-pyrrole nitrogens is 2. The van der Waals surface area contributed by atoms with Crippen molar-refractivity contribution in [2.45, 2.75) is 32.4 Å². The molecule has 10 heteroatoms. The van der Waals surface area contributed by atoms with E-state index in [0.717, 1.165) is 18.4 Å². The van der Waals surface area contributed by atoms with Crippen molar-refractivity contribution in [3.8, 4) is 5.88 Å². The standard InChI is InChI=1S/C21H20FN7O2/c1-11-2-3-12(6-15(11)22)9-23-17-8-18(25-14-4-5-14)29-19(27-17)13(10-24-29)7-16-20(30)28-21(31)26-16/h2-3,6-8,10,14,23,30H,4-5,9H2,1H3,(H2,26,28,31)/b13-7+,25-18?. The fourth-order valence-electron chi connectivity index (χ4n) is 3.23. The Hall–Kier alpha value is -3.95. The molecule has 4 N–H and O–H groups in total. The summed E-state index contributed by atoms with van der Waals surface area (Å²) in [5.41, 5.74) is 2.28. The Bertz CT molecular complexity index is 1460. The smallest absolute Gasteiger partial charge is 0.326 e. The zero-order valence-electron chi connectivity index (χ0n) is 16.7. The Morgan fingerprint density at radius 1 is 1.35 bits per heavy atom. The van der Waals surface area contributed by atoms with Gasteiger partial charge in [0.05, 0.1) is 12.2 Å². The van der Waals surface area contributed by atoms with Gasteiger partial charge in [0.15, 0.2) is 11.1 Å². The van der Waals surface area contributed by atoms with E-state index in [9.17, 15) is 14.3 Å². The summed E-state index contributed by atoms with van der Waals surface area (Å²) in [5.74, 6) is 0.0536. The summed E-state index contributed by atoms with van der Waals surface area (Å²) < 4.78 is 15.5. The van der Waals surface area contributed by atoms with Crippen LogP contribution in [-0.4, -0.2) is 35.7 Å². The molecule has 0 bridgehead atoms. The number of aromatic amines is 2. The molecular weight excluding hydrogens is 401 g/mol. The zero-order chi connectivity index (χ0) is 21.5. The van der Waals surface area contributed by atoms with E-state index in [4.69, 9.17) is 4.99 Å². The van der Waals surface area contributed by atoms with Crippen LogP contribution in [0.25, 0.3) is 11.7 Å². The van der Waals surface area contributed by atoms with E-state index in [-0.39, 0.29) is 23.4 Å². The van der Waals surface area contributed by atoms with E-state index in [0.29, 0.717) is 34.3 Å². The number of hydrogen-bond acceptors (Lipinski definition) is 6. The Morgan fingerprint density at radius 2 is 2.19 bits per heavy atom. The molecule has 1 aromatic carbocycles. The highest BCUT2D eigenvalue weighted by Crippen LogP contribution is 2.22. The highest BCUT2D eigenvalue weighted by atomic mass is 19.1. The van der Waals surface area contributed by atoms with Crippen LogP contribution in [0.2, 0.25) is 0 Å². The molecule has 1 saturated carbocycles. The van der Waals surface area contributed by atoms with Crippen LogP contribution in [0, 0.1) is 12.7 Å². The maximum atomic E-state index is 13.9. The number of nitrogens with one attached hydrogen (secondary N) is 3. The minimum absolute atomic E-state index is 0.232. The number of aromatic nitrogens is 5. The number of hydrogen-bond donors (Lipinski definition) is 4. The van der Waals surface area contributed by atoms with Gasteiger partial charge in [-0.05, 0) is 43.0 Å². The zero-order valence-corrected chi connectivity index (χ0v) is 16.7. The number of imidazole rings is 1. The molecule has 1 aliphatic rings. The molecule has 0 saturated heterocycles. The van der Waals surface area contributed by atoms with Crippen LogP contribution in [0.3, 0.4) is 0 Å². The minimum atomic E-state index is -0.509. The average molecular weight is 421 g/mol. The van der Waals surface area contributed by atoms with Crippen molar-refractivity contribution in [2.75, 3.05) is 5.32 Å². The number of anilines is 1. The van der Waals surface area contributed by atoms with Gasteiger partial charge in [-0.2, -0.15) is 9.61 Å². The molecule has 0 amide bonds. The van der Waals surface area contributed by atoms with Crippen molar-refractivity contribution in [1.82, 2.24) is 24.6 Å². The summed E-state index contributed by atoms with van der Waals surface area (Å²) in [4.78, 5) is 25.6. The lowest BCUT2D eigenvalue weighted by Crippen LogP contribution is -2.20. The monoisotopic (exact) mass is 421 g/mol. The maximum absolute atomic E-state index is 13.9. The normalized spacial score (nSPS) is 15.2. The van der Waals surface area contributed by atoms with Gasteiger partial charge in [-0.25, -0.2) is 14.2 Å². The van der Waals surface area contributed by atoms with Crippen molar-refractivity contribution >= 4 is 17.5 Å². The van der Waals surface area contributed by atoms with Crippen molar-refractivity contribution in [2.24, 2.45) is 4.99 Å². The topological polar surface area (TPSA) is 123 Å². The van der Waals surface area contributed by atoms with Gasteiger partial charge in [-0.3, -0.25) is 9.98 Å². The first kappa shape index (κ1) is 19.0. The third-order valence-corrected chi connectivity index (χ3v) is 5.09. The van der Waals surface area contributed by atoms with Gasteiger partial charge >= 0.3 is 5.69 Å². The van der Waals surface area contributed by atoms with Crippen LogP contribution in [0.1, 0.15) is 29.7 Å². The number of halogens is 1. The molecular formula is C21H20FN7O2. The molecule has 0 unspecified atom stereocenters. The molecule has 158 valence electrons. The summed E-state index contributed by atoms with van der Waals surface area (Å²) in [6, 6.07) is 7.18. The predicted molar refractivity (Wildman–Crippen MR) is 112 cm³/mol. The van der Waals surface area contributed by atoms with E-state index in [1.54, 1.807) is 29.8 Å². The first-order valence-electron chi connectivity index (χ1n) is 9.91. The molecule has 31 heavy (non-hydrogen) atoms. The fourth-order valence-corrected chi connectivity index (χ4v) is 3.23. The first-order valence-corrected chi connectivity index (χ1v) is 9.91. The molecule has 0 radical (unpaired) electrons. The SMILES string of the molecule is Cc1ccc(CNc2cc(=NC3CC3)n3nc/c(=C\c4[nH]c(=O)[nH]c4O)c3n2)cc1F. The Labute approximate surface area is 175 Å². The first-order chi connectivity index (χ1) is 15.0. The van der Waals surface area contributed by atoms with Crippen molar-refractivity contribution < 1.29 is 9.50 Å². The third kappa shape index (κ3) is 3.91. The Morgan fingerprint density at radius 3 is 2.90 bits per heavy atom. The summed E-state index contributed by atoms with van der Waals surface area (Å²) in [6.07, 6.45) is 5.25. The molecule has 1 fully saturated rings. The van der Waals surface area contributed by atoms with E-state index >= 15 is 0 Å². The molecule has 3 aromatic heterocycles. The van der Waals surface area contributed by atoms with Crippen LogP contribution in [-0.2, 0) is 6.54 Å². The van der Waals surface area contributed by atoms with Gasteiger partial charge in [0.1, 0.15) is 17.3 Å². The molecule has 0 aliphatic heterocycles. The molecule has 0 atom stereocenters. The van der Waals surface area contributed by atoms with Gasteiger partial charge in [0, 0.05) is 17.8 Å². The van der Waals surface area contributed by atoms with Gasteiger partial charge in [-0.1, -0.05) is 12.1 Å². The quantitative estimate of drug-likeness (QED) is 0.385. The van der Waals surface area contributed by atoms with E-state index in [1.807, 2.05) is 12.1 Å². The molecule has 5 rings (SSSR count). The van der Waals surface area contributed by atoms with Crippen molar-refractivity contribution in [1.29, 1.82) is 0 Å². The maximum Gasteiger partial charge on any atom is 0.326 e. The van der Waals surface area contributed by atoms with Gasteiger partial charge in [-0.15, -0.1) is 0 Å². The number of rotatable bonds is 5. The summed E-state index contributed by atoms with van der Waals surface area (Å²) in [7, 11) is 0. The van der Waals surface area contributed by atoms with E-state index in [2.05, 4.69) is 25.4 Å². The number of nitrogens with zero attached hydrogens (tertiary/aromatic N) is 4. The lowest BCUT2D eigenvalue weighted by Gasteiger charge is -2.07. The van der Waals surface area contributed by atoms with Crippen LogP contribution in [0.15, 0.2) is 40.2 Å². The molecule has 4 aromatic rings. The number of aromatic hydroxyl groups is 1. The van der Waals surface area contributed by atoms with Crippen molar-refractivity contribution in [3.05, 3.63) is 74.3 Å². The van der Waals surface area contributed by atoms with Crippen LogP contribution in [0.4, 0.5) is 10.2 Å². The minimum Gasteiger partial charge on any atom is -0.493 e. The fraction of sp³-hybridized carbons (Fsp3) is 0.238. The number of benzene rings is 1. The second-order valence-electron chi connectivity index (χ2n) is 7.62. The summed E-state index contributed by atoms with van der Waals surface area (Å²) in [6.45, 7) is 2.11. The van der Waals surface area contributed by atoms with Crippen molar-refractivity contribution in [3.63, 3.8) is 0 Å². The highest BCUT2D eigenvalue weighted by molar-refractivity contribution is 5.58. The molecule has 0 spiro atoms. The van der Waals surface area contributed by atoms with Gasteiger partial charge in [0.2, 0.25) is 5.88 Å². The lowest BCUT2D eigenvalue weighted by atomic mass is 10.1. The number of fused-ring (bicyclic) bond motifs is 1. The molecule has 9 nitrogen and oxygen atoms in total. The Balaban J connectivity index is 1.57. The van der Waals surface area contributed by atoms with Gasteiger partial charge in [0.25, 0.3) is 0 Å². The predicted octanol–water partition coefficient (Wildman–Crippen LogP) is 1.12. The van der Waals surface area contributed by atoms with E-state index in [1.165, 1.54) is 6.07 Å². The largest absolute Gasteiger partial charge is 0.493 e. The van der Waals surface area contributed by atoms with E-state index < -0.39 is 5.69 Å². The second kappa shape index (κ2) is 7.38. The second-order valence-corrected chi connectivity index (χ2v) is 7.62. The molecule has 1 aliphatic carbocycles. The summed E-state index contributed by atoms with van der Waals surface area (Å²) >= 11 is 0. The summed E-state index contributed by atoms with van der Waals surface area (Å²) in [5, 5.41) is 18.1. The van der Waals surface area contributed by atoms with Gasteiger partial charge < -0.3 is 15.4 Å².